The highest BCUT2D eigenvalue weighted by Gasteiger charge is 2.43. The number of ketones is 1. The normalized spacial score (nSPS) is 29.8. The SMILES string of the molecule is CCCCCCCC(C)C(=O)C1CC(C)(O)C1. The maximum atomic E-state index is 12.0. The summed E-state index contributed by atoms with van der Waals surface area (Å²) < 4.78 is 0. The van der Waals surface area contributed by atoms with E-state index in [-0.39, 0.29) is 11.8 Å². The monoisotopic (exact) mass is 240 g/mol. The minimum absolute atomic E-state index is 0.135. The van der Waals surface area contributed by atoms with E-state index in [2.05, 4.69) is 13.8 Å². The fourth-order valence-electron chi connectivity index (χ4n) is 2.80. The molecule has 1 aliphatic carbocycles. The Kier molecular flexibility index (Phi) is 5.64. The van der Waals surface area contributed by atoms with Gasteiger partial charge in [0.2, 0.25) is 0 Å². The maximum Gasteiger partial charge on any atom is 0.138 e. The first-order valence-corrected chi connectivity index (χ1v) is 7.22. The van der Waals surface area contributed by atoms with Gasteiger partial charge in [-0.05, 0) is 26.2 Å². The van der Waals surface area contributed by atoms with Crippen molar-refractivity contribution in [3.8, 4) is 0 Å². The second kappa shape index (κ2) is 6.53. The van der Waals surface area contributed by atoms with Gasteiger partial charge in [0.15, 0.2) is 0 Å². The molecule has 0 radical (unpaired) electrons. The summed E-state index contributed by atoms with van der Waals surface area (Å²) in [6.07, 6.45) is 8.69. The standard InChI is InChI=1S/C15H28O2/c1-4-5-6-7-8-9-12(2)14(16)13-10-15(3,17)11-13/h12-13,17H,4-11H2,1-3H3. The van der Waals surface area contributed by atoms with Crippen molar-refractivity contribution in [3.05, 3.63) is 0 Å². The molecule has 0 aromatic rings. The van der Waals surface area contributed by atoms with Crippen LogP contribution < -0.4 is 0 Å². The molecule has 0 heterocycles. The first-order valence-electron chi connectivity index (χ1n) is 7.22. The third-order valence-electron chi connectivity index (χ3n) is 4.00. The Morgan fingerprint density at radius 1 is 1.29 bits per heavy atom. The lowest BCUT2D eigenvalue weighted by molar-refractivity contribution is -0.140. The number of carbonyl (C=O) groups excluding carboxylic acids is 1. The summed E-state index contributed by atoms with van der Waals surface area (Å²) in [6.45, 7) is 6.09. The Balaban J connectivity index is 2.11. The molecule has 0 aromatic heterocycles. The Hall–Kier alpha value is -0.370. The summed E-state index contributed by atoms with van der Waals surface area (Å²) in [5, 5.41) is 9.64. The summed E-state index contributed by atoms with van der Waals surface area (Å²) in [5.41, 5.74) is -0.568. The van der Waals surface area contributed by atoms with E-state index in [9.17, 15) is 9.90 Å². The van der Waals surface area contributed by atoms with Gasteiger partial charge >= 0.3 is 0 Å². The van der Waals surface area contributed by atoms with Gasteiger partial charge in [-0.1, -0.05) is 46.0 Å². The molecule has 1 fully saturated rings. The molecular weight excluding hydrogens is 212 g/mol. The van der Waals surface area contributed by atoms with E-state index >= 15 is 0 Å². The Morgan fingerprint density at radius 2 is 1.88 bits per heavy atom. The third kappa shape index (κ3) is 4.79. The molecule has 0 bridgehead atoms. The van der Waals surface area contributed by atoms with Crippen LogP contribution in [0.25, 0.3) is 0 Å². The number of hydrogen-bond acceptors (Lipinski definition) is 2. The van der Waals surface area contributed by atoms with Gasteiger partial charge in [0.1, 0.15) is 5.78 Å². The summed E-state index contributed by atoms with van der Waals surface area (Å²) in [7, 11) is 0. The molecule has 0 saturated heterocycles. The van der Waals surface area contributed by atoms with Crippen LogP contribution in [0.5, 0.6) is 0 Å². The smallest absolute Gasteiger partial charge is 0.138 e. The summed E-state index contributed by atoms with van der Waals surface area (Å²) in [5.74, 6) is 0.709. The van der Waals surface area contributed by atoms with Gasteiger partial charge in [-0.25, -0.2) is 0 Å². The van der Waals surface area contributed by atoms with E-state index in [0.29, 0.717) is 18.6 Å². The summed E-state index contributed by atoms with van der Waals surface area (Å²) >= 11 is 0. The quantitative estimate of drug-likeness (QED) is 0.657. The summed E-state index contributed by atoms with van der Waals surface area (Å²) in [6, 6.07) is 0. The van der Waals surface area contributed by atoms with E-state index in [0.717, 1.165) is 6.42 Å². The number of hydrogen-bond donors (Lipinski definition) is 1. The molecule has 17 heavy (non-hydrogen) atoms. The van der Waals surface area contributed by atoms with Gasteiger partial charge in [-0.2, -0.15) is 0 Å². The molecule has 100 valence electrons. The van der Waals surface area contributed by atoms with Crippen LogP contribution >= 0.6 is 0 Å². The van der Waals surface area contributed by atoms with Crippen LogP contribution in [0.2, 0.25) is 0 Å². The Labute approximate surface area is 106 Å². The molecule has 1 N–H and O–H groups in total. The van der Waals surface area contributed by atoms with Crippen LogP contribution in [0.3, 0.4) is 0 Å². The molecule has 2 nitrogen and oxygen atoms in total. The van der Waals surface area contributed by atoms with Gasteiger partial charge in [0.05, 0.1) is 5.60 Å². The number of Topliss-reactive ketones (excluding diaryl/α,β-unsaturated/α-hetero) is 1. The molecule has 0 spiro atoms. The summed E-state index contributed by atoms with van der Waals surface area (Å²) in [4.78, 5) is 12.0. The molecule has 1 saturated carbocycles. The van der Waals surface area contributed by atoms with Gasteiger partial charge in [-0.3, -0.25) is 4.79 Å². The molecule has 2 heteroatoms. The first-order chi connectivity index (χ1) is 7.96. The van der Waals surface area contributed by atoms with Crippen LogP contribution in [0.1, 0.15) is 72.1 Å². The number of aliphatic hydroxyl groups is 1. The highest BCUT2D eigenvalue weighted by Crippen LogP contribution is 2.39. The molecule has 1 unspecified atom stereocenters. The number of rotatable bonds is 8. The molecular formula is C15H28O2. The fraction of sp³-hybridized carbons (Fsp3) is 0.933. The van der Waals surface area contributed by atoms with Crippen LogP contribution in [0.15, 0.2) is 0 Å². The Bertz CT molecular complexity index is 237. The highest BCUT2D eigenvalue weighted by molar-refractivity contribution is 5.84. The number of unbranched alkanes of at least 4 members (excludes halogenated alkanes) is 4. The lowest BCUT2D eigenvalue weighted by atomic mass is 9.68. The van der Waals surface area contributed by atoms with Crippen molar-refractivity contribution < 1.29 is 9.90 Å². The second-order valence-electron chi connectivity index (χ2n) is 6.11. The lowest BCUT2D eigenvalue weighted by Gasteiger charge is -2.41. The predicted octanol–water partition coefficient (Wildman–Crippen LogP) is 3.71. The zero-order valence-electron chi connectivity index (χ0n) is 11.7. The highest BCUT2D eigenvalue weighted by atomic mass is 16.3. The van der Waals surface area contributed by atoms with E-state index in [4.69, 9.17) is 0 Å². The van der Waals surface area contributed by atoms with E-state index in [1.54, 1.807) is 0 Å². The van der Waals surface area contributed by atoms with Crippen molar-refractivity contribution in [2.75, 3.05) is 0 Å². The largest absolute Gasteiger partial charge is 0.390 e. The van der Waals surface area contributed by atoms with Crippen molar-refractivity contribution in [2.24, 2.45) is 11.8 Å². The lowest BCUT2D eigenvalue weighted by Crippen LogP contribution is -2.45. The predicted molar refractivity (Wildman–Crippen MR) is 70.9 cm³/mol. The Morgan fingerprint density at radius 3 is 2.41 bits per heavy atom. The zero-order valence-corrected chi connectivity index (χ0v) is 11.7. The molecule has 0 aliphatic heterocycles. The van der Waals surface area contributed by atoms with Gasteiger partial charge in [0.25, 0.3) is 0 Å². The molecule has 1 aliphatic rings. The zero-order chi connectivity index (χ0) is 12.9. The topological polar surface area (TPSA) is 37.3 Å². The van der Waals surface area contributed by atoms with Gasteiger partial charge < -0.3 is 5.11 Å². The first kappa shape index (κ1) is 14.7. The third-order valence-corrected chi connectivity index (χ3v) is 4.00. The molecule has 0 amide bonds. The second-order valence-corrected chi connectivity index (χ2v) is 6.11. The van der Waals surface area contributed by atoms with Crippen LogP contribution in [0, 0.1) is 11.8 Å². The average molecular weight is 240 g/mol. The molecule has 0 aromatic carbocycles. The molecule has 1 atom stereocenters. The minimum Gasteiger partial charge on any atom is -0.390 e. The fourth-order valence-corrected chi connectivity index (χ4v) is 2.80. The minimum atomic E-state index is -0.568. The maximum absolute atomic E-state index is 12.0. The number of carbonyl (C=O) groups is 1. The molecule has 1 rings (SSSR count). The van der Waals surface area contributed by atoms with Crippen LogP contribution in [0.4, 0.5) is 0 Å². The van der Waals surface area contributed by atoms with Crippen molar-refractivity contribution in [3.63, 3.8) is 0 Å². The van der Waals surface area contributed by atoms with Crippen LogP contribution in [-0.4, -0.2) is 16.5 Å². The van der Waals surface area contributed by atoms with Crippen molar-refractivity contribution >= 4 is 5.78 Å². The van der Waals surface area contributed by atoms with E-state index < -0.39 is 5.60 Å². The van der Waals surface area contributed by atoms with E-state index in [1.807, 2.05) is 6.92 Å². The van der Waals surface area contributed by atoms with Crippen molar-refractivity contribution in [1.82, 2.24) is 0 Å². The van der Waals surface area contributed by atoms with Crippen molar-refractivity contribution in [1.29, 1.82) is 0 Å². The van der Waals surface area contributed by atoms with Crippen LogP contribution in [-0.2, 0) is 4.79 Å². The van der Waals surface area contributed by atoms with Gasteiger partial charge in [0, 0.05) is 11.8 Å². The van der Waals surface area contributed by atoms with Gasteiger partial charge in [-0.15, -0.1) is 0 Å². The van der Waals surface area contributed by atoms with E-state index in [1.165, 1.54) is 32.1 Å². The van der Waals surface area contributed by atoms with Crippen molar-refractivity contribution in [2.45, 2.75) is 77.7 Å². The average Bonchev–Trinajstić information content (AvgIpc) is 2.24.